The van der Waals surface area contributed by atoms with Gasteiger partial charge in [0.05, 0.1) is 23.0 Å². The number of ether oxygens (including phenoxy) is 1. The fourth-order valence-electron chi connectivity index (χ4n) is 3.09. The Balaban J connectivity index is 1.59. The Morgan fingerprint density at radius 2 is 2.00 bits per heavy atom. The first-order valence-corrected chi connectivity index (χ1v) is 9.72. The van der Waals surface area contributed by atoms with Gasteiger partial charge in [0.25, 0.3) is 5.91 Å². The topological polar surface area (TPSA) is 76.5 Å². The molecule has 0 saturated heterocycles. The lowest BCUT2D eigenvalue weighted by atomic mass is 10.0. The van der Waals surface area contributed by atoms with Gasteiger partial charge in [0.1, 0.15) is 12.4 Å². The van der Waals surface area contributed by atoms with E-state index >= 15 is 0 Å². The fraction of sp³-hybridized carbons (Fsp3) is 0.0400. The first-order valence-electron chi connectivity index (χ1n) is 9.72. The van der Waals surface area contributed by atoms with Gasteiger partial charge in [0.2, 0.25) is 0 Å². The number of nitrogens with zero attached hydrogens (tertiary/aromatic N) is 3. The summed E-state index contributed by atoms with van der Waals surface area (Å²) in [5.74, 6) is 0.385. The van der Waals surface area contributed by atoms with Gasteiger partial charge >= 0.3 is 0 Å². The third-order valence-corrected chi connectivity index (χ3v) is 4.52. The van der Waals surface area contributed by atoms with Crippen molar-refractivity contribution in [1.29, 1.82) is 0 Å². The third-order valence-electron chi connectivity index (χ3n) is 4.52. The lowest BCUT2D eigenvalue weighted by Gasteiger charge is -2.09. The highest BCUT2D eigenvalue weighted by Crippen LogP contribution is 2.24. The van der Waals surface area contributed by atoms with Crippen LogP contribution in [0.1, 0.15) is 15.9 Å². The number of nitrogens with one attached hydrogen (secondary N) is 1. The number of pyridine rings is 2. The molecule has 4 aromatic rings. The van der Waals surface area contributed by atoms with E-state index < -0.39 is 0 Å². The Morgan fingerprint density at radius 3 is 2.84 bits per heavy atom. The predicted molar refractivity (Wildman–Crippen MR) is 122 cm³/mol. The Morgan fingerprint density at radius 1 is 1.10 bits per heavy atom. The van der Waals surface area contributed by atoms with E-state index in [4.69, 9.17) is 4.74 Å². The molecule has 6 heteroatoms. The third kappa shape index (κ3) is 4.82. The van der Waals surface area contributed by atoms with E-state index in [1.54, 1.807) is 30.8 Å². The van der Waals surface area contributed by atoms with E-state index in [1.807, 2.05) is 60.7 Å². The minimum Gasteiger partial charge on any atom is -0.490 e. The van der Waals surface area contributed by atoms with Gasteiger partial charge in [-0.1, -0.05) is 43.0 Å². The first-order chi connectivity index (χ1) is 15.2. The smallest absolute Gasteiger partial charge is 0.272 e. The van der Waals surface area contributed by atoms with Crippen molar-refractivity contribution < 1.29 is 9.53 Å². The van der Waals surface area contributed by atoms with Crippen LogP contribution < -0.4 is 10.2 Å². The van der Waals surface area contributed by atoms with Gasteiger partial charge in [-0.2, -0.15) is 5.10 Å². The predicted octanol–water partition coefficient (Wildman–Crippen LogP) is 4.63. The van der Waals surface area contributed by atoms with Crippen LogP contribution in [0.5, 0.6) is 5.75 Å². The number of hydrogen-bond acceptors (Lipinski definition) is 5. The maximum Gasteiger partial charge on any atom is 0.272 e. The number of benzene rings is 2. The average molecular weight is 408 g/mol. The summed E-state index contributed by atoms with van der Waals surface area (Å²) in [5.41, 5.74) is 6.14. The van der Waals surface area contributed by atoms with Crippen LogP contribution in [-0.4, -0.2) is 28.7 Å². The van der Waals surface area contributed by atoms with Crippen molar-refractivity contribution in [2.75, 3.05) is 6.61 Å². The molecule has 0 spiro atoms. The second kappa shape index (κ2) is 9.45. The maximum atomic E-state index is 12.9. The van der Waals surface area contributed by atoms with Crippen molar-refractivity contribution >= 4 is 23.0 Å². The zero-order chi connectivity index (χ0) is 21.5. The van der Waals surface area contributed by atoms with E-state index in [0.29, 0.717) is 23.6 Å². The van der Waals surface area contributed by atoms with Gasteiger partial charge in [-0.15, -0.1) is 0 Å². The summed E-state index contributed by atoms with van der Waals surface area (Å²) in [6.07, 6.45) is 6.67. The van der Waals surface area contributed by atoms with Crippen LogP contribution in [0.25, 0.3) is 22.2 Å². The number of para-hydroxylation sites is 1. The standard InChI is InChI=1S/C25H20N4O2/c1-2-13-31-20-9-5-7-18(14-20)16-27-29-25(30)22-15-24(19-8-6-12-26-17-19)28-23-11-4-3-10-21(22)23/h2-12,14-17H,1,13H2,(H,29,30)/b27-16-. The first kappa shape index (κ1) is 20.0. The minimum atomic E-state index is -0.320. The summed E-state index contributed by atoms with van der Waals surface area (Å²) < 4.78 is 5.52. The van der Waals surface area contributed by atoms with Crippen molar-refractivity contribution in [2.24, 2.45) is 5.10 Å². The van der Waals surface area contributed by atoms with Crippen molar-refractivity contribution in [3.63, 3.8) is 0 Å². The quantitative estimate of drug-likeness (QED) is 0.275. The van der Waals surface area contributed by atoms with Gasteiger partial charge in [-0.3, -0.25) is 9.78 Å². The Kier molecular flexibility index (Phi) is 6.09. The molecule has 4 rings (SSSR count). The molecule has 1 amide bonds. The Labute approximate surface area is 179 Å². The number of carbonyl (C=O) groups excluding carboxylic acids is 1. The summed E-state index contributed by atoms with van der Waals surface area (Å²) in [6, 6.07) is 20.4. The number of hydrazone groups is 1. The molecular formula is C25H20N4O2. The molecule has 0 fully saturated rings. The molecule has 0 radical (unpaired) electrons. The normalized spacial score (nSPS) is 10.8. The molecule has 6 nitrogen and oxygen atoms in total. The number of aromatic nitrogens is 2. The minimum absolute atomic E-state index is 0.320. The lowest BCUT2D eigenvalue weighted by Crippen LogP contribution is -2.18. The van der Waals surface area contributed by atoms with Crippen LogP contribution in [0.2, 0.25) is 0 Å². The van der Waals surface area contributed by atoms with E-state index in [-0.39, 0.29) is 5.91 Å². The molecule has 2 heterocycles. The SMILES string of the molecule is C=CCOc1cccc(/C=N\NC(=O)c2cc(-c3cccnc3)nc3ccccc23)c1. The number of carbonyl (C=O) groups is 1. The molecule has 0 saturated carbocycles. The largest absolute Gasteiger partial charge is 0.490 e. The highest BCUT2D eigenvalue weighted by atomic mass is 16.5. The maximum absolute atomic E-state index is 12.9. The average Bonchev–Trinajstić information content (AvgIpc) is 2.83. The molecule has 152 valence electrons. The zero-order valence-corrected chi connectivity index (χ0v) is 16.7. The van der Waals surface area contributed by atoms with Crippen LogP contribution in [0, 0.1) is 0 Å². The highest BCUT2D eigenvalue weighted by Gasteiger charge is 2.13. The summed E-state index contributed by atoms with van der Waals surface area (Å²) in [4.78, 5) is 21.8. The molecular weight excluding hydrogens is 388 g/mol. The van der Waals surface area contributed by atoms with Crippen LogP contribution in [0.4, 0.5) is 0 Å². The van der Waals surface area contributed by atoms with Crippen LogP contribution in [-0.2, 0) is 0 Å². The second-order valence-corrected chi connectivity index (χ2v) is 6.69. The number of hydrogen-bond donors (Lipinski definition) is 1. The van der Waals surface area contributed by atoms with Gasteiger partial charge in [-0.05, 0) is 42.0 Å². The monoisotopic (exact) mass is 408 g/mol. The number of amides is 1. The van der Waals surface area contributed by atoms with Crippen molar-refractivity contribution in [2.45, 2.75) is 0 Å². The molecule has 1 N–H and O–H groups in total. The number of rotatable bonds is 7. The van der Waals surface area contributed by atoms with Crippen molar-refractivity contribution in [1.82, 2.24) is 15.4 Å². The lowest BCUT2D eigenvalue weighted by molar-refractivity contribution is 0.0956. The highest BCUT2D eigenvalue weighted by molar-refractivity contribution is 6.07. The number of fused-ring (bicyclic) bond motifs is 1. The van der Waals surface area contributed by atoms with Crippen LogP contribution >= 0.6 is 0 Å². The molecule has 0 aliphatic carbocycles. The van der Waals surface area contributed by atoms with E-state index in [1.165, 1.54) is 0 Å². The van der Waals surface area contributed by atoms with Gasteiger partial charge in [0, 0.05) is 23.3 Å². The van der Waals surface area contributed by atoms with E-state index in [9.17, 15) is 4.79 Å². The molecule has 0 aliphatic rings. The second-order valence-electron chi connectivity index (χ2n) is 6.69. The van der Waals surface area contributed by atoms with Crippen LogP contribution in [0.15, 0.2) is 96.9 Å². The van der Waals surface area contributed by atoms with E-state index in [2.05, 4.69) is 27.1 Å². The van der Waals surface area contributed by atoms with Crippen LogP contribution in [0.3, 0.4) is 0 Å². The van der Waals surface area contributed by atoms with Crippen molar-refractivity contribution in [3.05, 3.63) is 103 Å². The van der Waals surface area contributed by atoms with Gasteiger partial charge in [-0.25, -0.2) is 10.4 Å². The Hall–Kier alpha value is -4.32. The van der Waals surface area contributed by atoms with Gasteiger partial charge in [0.15, 0.2) is 0 Å². The zero-order valence-electron chi connectivity index (χ0n) is 16.7. The summed E-state index contributed by atoms with van der Waals surface area (Å²) >= 11 is 0. The van der Waals surface area contributed by atoms with Gasteiger partial charge < -0.3 is 4.74 Å². The molecule has 0 unspecified atom stereocenters. The Bertz CT molecular complexity index is 1250. The fourth-order valence-corrected chi connectivity index (χ4v) is 3.09. The molecule has 0 aliphatic heterocycles. The summed E-state index contributed by atoms with van der Waals surface area (Å²) in [5, 5.41) is 4.87. The molecule has 2 aromatic heterocycles. The molecule has 0 atom stereocenters. The molecule has 31 heavy (non-hydrogen) atoms. The molecule has 0 bridgehead atoms. The summed E-state index contributed by atoms with van der Waals surface area (Å²) in [7, 11) is 0. The van der Waals surface area contributed by atoms with Crippen molar-refractivity contribution in [3.8, 4) is 17.0 Å². The van der Waals surface area contributed by atoms with E-state index in [0.717, 1.165) is 22.0 Å². The molecule has 2 aromatic carbocycles. The summed E-state index contributed by atoms with van der Waals surface area (Å²) in [6.45, 7) is 4.06.